The Morgan fingerprint density at radius 3 is 2.27 bits per heavy atom. The van der Waals surface area contributed by atoms with Crippen molar-refractivity contribution < 1.29 is 9.53 Å². The molecule has 1 heterocycles. The highest BCUT2D eigenvalue weighted by molar-refractivity contribution is 5.92. The Labute approximate surface area is 200 Å². The molecule has 0 N–H and O–H groups in total. The van der Waals surface area contributed by atoms with Gasteiger partial charge in [0, 0.05) is 45.1 Å². The van der Waals surface area contributed by atoms with E-state index in [0.29, 0.717) is 18.7 Å². The maximum absolute atomic E-state index is 13.1. The Morgan fingerprint density at radius 1 is 1.03 bits per heavy atom. The maximum atomic E-state index is 13.1. The molecule has 0 bridgehead atoms. The fourth-order valence-corrected chi connectivity index (χ4v) is 5.08. The van der Waals surface area contributed by atoms with Crippen molar-refractivity contribution in [1.82, 2.24) is 4.90 Å². The van der Waals surface area contributed by atoms with Gasteiger partial charge in [-0.25, -0.2) is 0 Å². The smallest absolute Gasteiger partial charge is 0.249 e. The van der Waals surface area contributed by atoms with Crippen LogP contribution in [0.4, 0.5) is 5.69 Å². The Balaban J connectivity index is 1.80. The van der Waals surface area contributed by atoms with E-state index in [1.165, 1.54) is 5.56 Å². The van der Waals surface area contributed by atoms with Crippen molar-refractivity contribution in [3.63, 3.8) is 0 Å². The summed E-state index contributed by atoms with van der Waals surface area (Å²) in [4.78, 5) is 17.1. The van der Waals surface area contributed by atoms with Crippen molar-refractivity contribution in [1.29, 1.82) is 0 Å². The van der Waals surface area contributed by atoms with E-state index in [2.05, 4.69) is 79.9 Å². The molecular formula is C29H40N2O2. The molecule has 178 valence electrons. The van der Waals surface area contributed by atoms with Crippen molar-refractivity contribution in [2.75, 3.05) is 32.1 Å². The topological polar surface area (TPSA) is 32.8 Å². The molecule has 1 amide bonds. The van der Waals surface area contributed by atoms with Crippen LogP contribution in [0, 0.1) is 5.41 Å². The molecular weight excluding hydrogens is 408 g/mol. The zero-order valence-corrected chi connectivity index (χ0v) is 21.1. The normalized spacial score (nSPS) is 19.7. The molecule has 1 unspecified atom stereocenters. The Bertz CT molecular complexity index is 934. The second kappa shape index (κ2) is 10.6. The molecule has 1 aliphatic rings. The molecule has 3 rings (SSSR count). The summed E-state index contributed by atoms with van der Waals surface area (Å²) in [5.74, 6) is 0.0351. The molecule has 33 heavy (non-hydrogen) atoms. The van der Waals surface area contributed by atoms with Crippen molar-refractivity contribution in [3.05, 3.63) is 77.9 Å². The number of amides is 1. The van der Waals surface area contributed by atoms with Gasteiger partial charge >= 0.3 is 0 Å². The lowest BCUT2D eigenvalue weighted by atomic mass is 9.68. The zero-order valence-electron chi connectivity index (χ0n) is 21.1. The van der Waals surface area contributed by atoms with Gasteiger partial charge in [0.25, 0.3) is 0 Å². The van der Waals surface area contributed by atoms with Crippen molar-refractivity contribution in [2.45, 2.75) is 58.6 Å². The number of carbonyl (C=O) groups is 1. The van der Waals surface area contributed by atoms with E-state index in [9.17, 15) is 4.79 Å². The molecule has 0 radical (unpaired) electrons. The number of hydrogen-bond donors (Lipinski definition) is 0. The van der Waals surface area contributed by atoms with Gasteiger partial charge in [0.15, 0.2) is 0 Å². The van der Waals surface area contributed by atoms with Gasteiger partial charge in [0.2, 0.25) is 5.91 Å². The summed E-state index contributed by atoms with van der Waals surface area (Å²) in [6.07, 6.45) is 3.95. The Hall–Kier alpha value is -2.59. The lowest BCUT2D eigenvalue weighted by Gasteiger charge is -2.46. The fourth-order valence-electron chi connectivity index (χ4n) is 5.08. The maximum Gasteiger partial charge on any atom is 0.249 e. The van der Waals surface area contributed by atoms with E-state index in [4.69, 9.17) is 4.74 Å². The van der Waals surface area contributed by atoms with Crippen molar-refractivity contribution in [2.24, 2.45) is 5.41 Å². The zero-order chi connectivity index (χ0) is 24.1. The summed E-state index contributed by atoms with van der Waals surface area (Å²) in [7, 11) is 4.07. The molecule has 1 saturated heterocycles. The van der Waals surface area contributed by atoms with Crippen LogP contribution >= 0.6 is 0 Å². The molecule has 1 atom stereocenters. The summed E-state index contributed by atoms with van der Waals surface area (Å²) >= 11 is 0. The second-order valence-electron chi connectivity index (χ2n) is 10.5. The predicted molar refractivity (Wildman–Crippen MR) is 137 cm³/mol. The van der Waals surface area contributed by atoms with Gasteiger partial charge in [-0.2, -0.15) is 0 Å². The van der Waals surface area contributed by atoms with Crippen LogP contribution in [-0.2, 0) is 22.5 Å². The number of rotatable bonds is 9. The third-order valence-electron chi connectivity index (χ3n) is 6.74. The molecule has 2 aromatic rings. The molecule has 4 nitrogen and oxygen atoms in total. The quantitative estimate of drug-likeness (QED) is 0.450. The van der Waals surface area contributed by atoms with E-state index in [-0.39, 0.29) is 16.9 Å². The first kappa shape index (κ1) is 25.0. The lowest BCUT2D eigenvalue weighted by molar-refractivity contribution is -0.130. The van der Waals surface area contributed by atoms with Gasteiger partial charge in [-0.1, -0.05) is 49.0 Å². The number of nitrogens with zero attached hydrogens (tertiary/aromatic N) is 2. The van der Waals surface area contributed by atoms with Crippen molar-refractivity contribution in [3.8, 4) is 0 Å². The third-order valence-corrected chi connectivity index (χ3v) is 6.74. The van der Waals surface area contributed by atoms with E-state index in [1.54, 1.807) is 0 Å². The first-order valence-electron chi connectivity index (χ1n) is 12.0. The van der Waals surface area contributed by atoms with Crippen LogP contribution in [0.15, 0.2) is 66.7 Å². The summed E-state index contributed by atoms with van der Waals surface area (Å²) in [6.45, 7) is 12.2. The Kier molecular flexibility index (Phi) is 8.01. The highest BCUT2D eigenvalue weighted by Gasteiger charge is 2.41. The monoisotopic (exact) mass is 448 g/mol. The Morgan fingerprint density at radius 2 is 1.70 bits per heavy atom. The molecule has 0 saturated carbocycles. The van der Waals surface area contributed by atoms with Gasteiger partial charge in [0.1, 0.15) is 0 Å². The van der Waals surface area contributed by atoms with Crippen molar-refractivity contribution >= 4 is 11.6 Å². The molecule has 1 fully saturated rings. The van der Waals surface area contributed by atoms with E-state index < -0.39 is 0 Å². The van der Waals surface area contributed by atoms with Gasteiger partial charge in [-0.3, -0.25) is 4.79 Å². The fraction of sp³-hybridized carbons (Fsp3) is 0.483. The molecule has 0 spiro atoms. The minimum atomic E-state index is -0.155. The van der Waals surface area contributed by atoms with Gasteiger partial charge < -0.3 is 14.5 Å². The molecule has 4 heteroatoms. The van der Waals surface area contributed by atoms with Crippen LogP contribution in [-0.4, -0.2) is 43.7 Å². The number of benzene rings is 2. The second-order valence-corrected chi connectivity index (χ2v) is 10.5. The largest absolute Gasteiger partial charge is 0.378 e. The highest BCUT2D eigenvalue weighted by atomic mass is 16.5. The van der Waals surface area contributed by atoms with Gasteiger partial charge in [0.05, 0.1) is 5.60 Å². The average Bonchev–Trinajstić information content (AvgIpc) is 2.76. The summed E-state index contributed by atoms with van der Waals surface area (Å²) < 4.78 is 6.08. The van der Waals surface area contributed by atoms with E-state index in [1.807, 2.05) is 25.9 Å². The standard InChI is InChI=1S/C29H40N2O2/c1-23(2)27(32)31(21-25-12-14-26(15-13-25)30(5)6)18-16-29(17-19-33-28(3,4)22-29)20-24-10-8-7-9-11-24/h7-15H,1,16-22H2,2-6H3. The van der Waals surface area contributed by atoms with Crippen LogP contribution in [0.2, 0.25) is 0 Å². The number of anilines is 1. The molecule has 0 aliphatic carbocycles. The van der Waals surface area contributed by atoms with Crippen LogP contribution in [0.5, 0.6) is 0 Å². The molecule has 2 aromatic carbocycles. The van der Waals surface area contributed by atoms with Crippen LogP contribution in [0.1, 0.15) is 51.2 Å². The molecule has 1 aliphatic heterocycles. The summed E-state index contributed by atoms with van der Waals surface area (Å²) in [6, 6.07) is 19.2. The number of ether oxygens (including phenoxy) is 1. The highest BCUT2D eigenvalue weighted by Crippen LogP contribution is 2.44. The van der Waals surface area contributed by atoms with Crippen LogP contribution in [0.3, 0.4) is 0 Å². The minimum Gasteiger partial charge on any atom is -0.378 e. The van der Waals surface area contributed by atoms with E-state index in [0.717, 1.165) is 43.5 Å². The van der Waals surface area contributed by atoms with Crippen LogP contribution < -0.4 is 4.90 Å². The summed E-state index contributed by atoms with van der Waals surface area (Å²) in [5.41, 5.74) is 4.18. The lowest BCUT2D eigenvalue weighted by Crippen LogP contribution is -2.44. The first-order chi connectivity index (χ1) is 15.6. The molecule has 0 aromatic heterocycles. The number of carbonyl (C=O) groups excluding carboxylic acids is 1. The first-order valence-corrected chi connectivity index (χ1v) is 12.0. The minimum absolute atomic E-state index is 0.0351. The number of hydrogen-bond acceptors (Lipinski definition) is 3. The van der Waals surface area contributed by atoms with Crippen LogP contribution in [0.25, 0.3) is 0 Å². The van der Waals surface area contributed by atoms with Gasteiger partial charge in [-0.05, 0) is 75.1 Å². The predicted octanol–water partition coefficient (Wildman–Crippen LogP) is 5.87. The summed E-state index contributed by atoms with van der Waals surface area (Å²) in [5, 5.41) is 0. The third kappa shape index (κ3) is 6.94. The SMILES string of the molecule is C=C(C)C(=O)N(CCC1(Cc2ccccc2)CCOC(C)(C)C1)Cc1ccc(N(C)C)cc1. The average molecular weight is 449 g/mol. The van der Waals surface area contributed by atoms with Gasteiger partial charge in [-0.15, -0.1) is 0 Å². The van der Waals surface area contributed by atoms with E-state index >= 15 is 0 Å².